The lowest BCUT2D eigenvalue weighted by Crippen LogP contribution is -2.19. The highest BCUT2D eigenvalue weighted by molar-refractivity contribution is 5.74. The van der Waals surface area contributed by atoms with Crippen LogP contribution in [0.15, 0.2) is 231 Å². The molecule has 0 amide bonds. The molecule has 12 N–H and O–H groups in total. The minimum atomic E-state index is -0.361. The number of ether oxygens (including phenoxy) is 4. The van der Waals surface area contributed by atoms with Crippen LogP contribution in [0.3, 0.4) is 0 Å². The molecular formula is C111H134O18. The summed E-state index contributed by atoms with van der Waals surface area (Å²) >= 11 is 0. The fraction of sp³-hybridized carbons (Fsp3) is 0.333. The molecule has 0 bridgehead atoms. The summed E-state index contributed by atoms with van der Waals surface area (Å²) in [4.78, 5) is 23.5. The van der Waals surface area contributed by atoms with Gasteiger partial charge < -0.3 is 80.2 Å². The first-order valence-corrected chi connectivity index (χ1v) is 44.3. The van der Waals surface area contributed by atoms with E-state index >= 15 is 0 Å². The lowest BCUT2D eigenvalue weighted by molar-refractivity contribution is -0.144. The van der Waals surface area contributed by atoms with Crippen molar-refractivity contribution in [2.45, 2.75) is 217 Å². The minimum absolute atomic E-state index is 0.0552. The topological polar surface area (TPSA) is 314 Å². The van der Waals surface area contributed by atoms with Crippen LogP contribution in [0.5, 0.6) is 80.5 Å². The van der Waals surface area contributed by atoms with Crippen LogP contribution in [0.2, 0.25) is 0 Å². The van der Waals surface area contributed by atoms with Crippen molar-refractivity contribution in [3.05, 3.63) is 342 Å². The second kappa shape index (κ2) is 49.2. The van der Waals surface area contributed by atoms with Gasteiger partial charge in [0.1, 0.15) is 57.5 Å². The van der Waals surface area contributed by atoms with Gasteiger partial charge in [-0.25, -0.2) is 0 Å². The molecule has 12 rings (SSSR count). The number of carbonyl (C=O) groups is 2. The van der Waals surface area contributed by atoms with Crippen molar-refractivity contribution in [2.75, 3.05) is 26.4 Å². The van der Waals surface area contributed by atoms with Crippen LogP contribution >= 0.6 is 0 Å². The zero-order chi connectivity index (χ0) is 95.0. The Hall–Kier alpha value is -13.2. The number of phenolic OH excluding ortho intramolecular Hbond substituents is 12. The first-order chi connectivity index (χ1) is 61.2. The summed E-state index contributed by atoms with van der Waals surface area (Å²) in [6, 6.07) is 68.9. The van der Waals surface area contributed by atoms with Crippen LogP contribution in [0.25, 0.3) is 0 Å². The Balaban J connectivity index is 0.000000213. The third kappa shape index (κ3) is 30.2. The minimum Gasteiger partial charge on any atom is -0.508 e. The molecule has 0 aliphatic heterocycles. The third-order valence-corrected chi connectivity index (χ3v) is 23.3. The number of aromatic hydroxyl groups is 12. The molecule has 0 heterocycles. The number of hydrogen-bond acceptors (Lipinski definition) is 18. The molecule has 0 spiro atoms. The van der Waals surface area contributed by atoms with E-state index in [9.17, 15) is 70.9 Å². The maximum Gasteiger partial charge on any atom is 0.310 e. The van der Waals surface area contributed by atoms with Gasteiger partial charge in [0.05, 0.1) is 39.3 Å². The molecule has 12 aromatic rings. The number of unbranched alkanes of at least 4 members (excludes halogenated alkanes) is 3. The summed E-state index contributed by atoms with van der Waals surface area (Å²) < 4.78 is 21.2. The van der Waals surface area contributed by atoms with E-state index in [0.29, 0.717) is 90.0 Å². The van der Waals surface area contributed by atoms with Crippen LogP contribution in [-0.4, -0.2) is 99.6 Å². The quantitative estimate of drug-likeness (QED) is 0.0153. The molecule has 18 nitrogen and oxygen atoms in total. The Morgan fingerprint density at radius 1 is 0.279 bits per heavy atom. The van der Waals surface area contributed by atoms with Crippen molar-refractivity contribution in [3.8, 4) is 80.5 Å². The van der Waals surface area contributed by atoms with Gasteiger partial charge in [0.15, 0.2) is 23.0 Å². The summed E-state index contributed by atoms with van der Waals surface area (Å²) in [7, 11) is 0. The second-order valence-electron chi connectivity index (χ2n) is 34.6. The van der Waals surface area contributed by atoms with Crippen LogP contribution < -0.4 is 9.47 Å². The van der Waals surface area contributed by atoms with Crippen LogP contribution in [0.1, 0.15) is 249 Å². The molecule has 0 unspecified atom stereocenters. The van der Waals surface area contributed by atoms with Gasteiger partial charge in [-0.3, -0.25) is 9.59 Å². The highest BCUT2D eigenvalue weighted by Crippen LogP contribution is 2.43. The van der Waals surface area contributed by atoms with E-state index in [-0.39, 0.29) is 93.8 Å². The molecular weight excluding hydrogens is 1620 g/mol. The lowest BCUT2D eigenvalue weighted by atomic mass is 9.77. The largest absolute Gasteiger partial charge is 0.508 e. The maximum atomic E-state index is 11.7. The van der Waals surface area contributed by atoms with Gasteiger partial charge in [0, 0.05) is 40.2 Å². The third-order valence-electron chi connectivity index (χ3n) is 23.3. The van der Waals surface area contributed by atoms with Gasteiger partial charge in [-0.2, -0.15) is 0 Å². The Kier molecular flexibility index (Phi) is 39.2. The smallest absolute Gasteiger partial charge is 0.310 e. The molecule has 0 aromatic heterocycles. The van der Waals surface area contributed by atoms with Gasteiger partial charge in [0.2, 0.25) is 0 Å². The maximum absolute atomic E-state index is 11.7. The lowest BCUT2D eigenvalue weighted by Gasteiger charge is -2.27. The molecule has 0 aliphatic carbocycles. The average molecular weight is 1760 g/mol. The van der Waals surface area contributed by atoms with Gasteiger partial charge in [-0.05, 0) is 303 Å². The van der Waals surface area contributed by atoms with E-state index in [1.54, 1.807) is 121 Å². The van der Waals surface area contributed by atoms with Gasteiger partial charge in [-0.15, -0.1) is 0 Å². The summed E-state index contributed by atoms with van der Waals surface area (Å²) in [6.07, 6.45) is 5.92. The summed E-state index contributed by atoms with van der Waals surface area (Å²) in [6.45, 7) is 38.8. The highest BCUT2D eigenvalue weighted by Gasteiger charge is 2.27. The first-order valence-electron chi connectivity index (χ1n) is 44.3. The molecule has 18 heteroatoms. The van der Waals surface area contributed by atoms with Crippen LogP contribution in [-0.2, 0) is 42.7 Å². The zero-order valence-electron chi connectivity index (χ0n) is 78.3. The van der Waals surface area contributed by atoms with Crippen molar-refractivity contribution in [1.29, 1.82) is 0 Å². The van der Waals surface area contributed by atoms with E-state index in [1.165, 1.54) is 34.4 Å². The van der Waals surface area contributed by atoms with Crippen molar-refractivity contribution >= 4 is 11.9 Å². The van der Waals surface area contributed by atoms with E-state index in [4.69, 9.17) is 18.9 Å². The van der Waals surface area contributed by atoms with E-state index in [0.717, 1.165) is 116 Å². The van der Waals surface area contributed by atoms with Crippen molar-refractivity contribution < 1.29 is 89.8 Å². The Morgan fingerprint density at radius 2 is 0.574 bits per heavy atom. The second-order valence-corrected chi connectivity index (χ2v) is 34.6. The number of benzene rings is 12. The van der Waals surface area contributed by atoms with Crippen molar-refractivity contribution in [1.82, 2.24) is 0 Å². The SMILES string of the molecule is CC(C)(c1ccc(O)cc1)c1ccc(O)cc1.CCC(c1cc(C(C)C)c(O)cc1C)c1cc(C(C)C)c(O)cc1C.CCC(c1cc(C)c(O)cc1C)c1cc(C)c(O)cc1C.Cc1cc(C(C)(C)c2ccc(O)c(C)c2)ccc1O.O=C(Cc1ccccc1O)OCCCCCCOC(=O)Cc1ccccc1O.Oc1ccccc1OCCCOc1ccccc1O. The predicted molar refractivity (Wildman–Crippen MR) is 515 cm³/mol. The molecule has 0 saturated heterocycles. The van der Waals surface area contributed by atoms with E-state index in [1.807, 2.05) is 114 Å². The zero-order valence-corrected chi connectivity index (χ0v) is 78.3. The van der Waals surface area contributed by atoms with Crippen LogP contribution in [0.4, 0.5) is 0 Å². The van der Waals surface area contributed by atoms with E-state index < -0.39 is 0 Å². The predicted octanol–water partition coefficient (Wildman–Crippen LogP) is 25.3. The van der Waals surface area contributed by atoms with Crippen molar-refractivity contribution in [2.24, 2.45) is 0 Å². The van der Waals surface area contributed by atoms with Gasteiger partial charge >= 0.3 is 11.9 Å². The van der Waals surface area contributed by atoms with Crippen molar-refractivity contribution in [3.63, 3.8) is 0 Å². The van der Waals surface area contributed by atoms with Gasteiger partial charge in [0.25, 0.3) is 0 Å². The standard InChI is InChI=1S/C23H32O2.C22H26O6.C19H24O2.C17H20O2.C15H16O4.C15H16O2/c1-8-17(20-11-18(13(2)3)22(24)9-15(20)6)21-12-19(14(4)5)23(25)10-16(21)7;23-19-11-5-3-9-17(19)15-21(25)27-13-7-1-2-8-14-28-22(26)16-18-10-4-6-12-20(18)24;1-6-15(16-7-13(4)18(20)9-11(16)2)17-8-14(5)19(21)10-12(17)3;1-11-9-13(5-7-15(11)18)17(3,4)14-6-8-16(19)12(2)10-14;16-12-6-1-3-8-14(12)18-10-5-11-19-15-9-4-2-7-13(15)17;1-15(2,11-3-7-13(16)8-4-11)12-5-9-14(17)10-6-12/h9-14,17,24-25H,8H2,1-7H3;3-6,9-12,23-24H,1-2,7-8,13-16H2;7-10,15,20-21H,6H2,1-5H3;5-10,18-19H,1-4H3;1-4,6-9,16-17H,5,10-11H2;3-10,16-17H,1-2H3. The number of para-hydroxylation sites is 6. The first kappa shape index (κ1) is 103. The molecule has 0 aliphatic rings. The van der Waals surface area contributed by atoms with E-state index in [2.05, 4.69) is 107 Å². The Labute approximate surface area is 763 Å². The summed E-state index contributed by atoms with van der Waals surface area (Å²) in [5.74, 6) is 4.42. The normalized spacial score (nSPS) is 11.1. The molecule has 0 fully saturated rings. The number of rotatable bonds is 29. The number of phenols is 12. The Morgan fingerprint density at radius 3 is 0.891 bits per heavy atom. The average Bonchev–Trinajstić information content (AvgIpc) is 0.796. The highest BCUT2D eigenvalue weighted by atomic mass is 16.5. The molecule has 0 atom stereocenters. The number of aryl methyl sites for hydroxylation is 8. The number of carbonyl (C=O) groups excluding carboxylic acids is 2. The van der Waals surface area contributed by atoms with Crippen LogP contribution in [0, 0.1) is 55.4 Å². The molecule has 0 radical (unpaired) electrons. The molecule has 12 aromatic carbocycles. The summed E-state index contributed by atoms with van der Waals surface area (Å²) in [5, 5.41) is 116. The fourth-order valence-electron chi connectivity index (χ4n) is 15.2. The number of esters is 2. The molecule has 0 saturated carbocycles. The number of hydrogen-bond donors (Lipinski definition) is 12. The fourth-order valence-corrected chi connectivity index (χ4v) is 15.2. The summed E-state index contributed by atoms with van der Waals surface area (Å²) in [5.41, 5.74) is 20.4. The monoisotopic (exact) mass is 1750 g/mol. The molecule has 129 heavy (non-hydrogen) atoms. The van der Waals surface area contributed by atoms with Gasteiger partial charge in [-0.1, -0.05) is 203 Å². The molecule has 686 valence electrons. The Bertz CT molecular complexity index is 5270.